The molecule has 0 aliphatic carbocycles. The Bertz CT molecular complexity index is 319. The van der Waals surface area contributed by atoms with Crippen molar-refractivity contribution in [1.82, 2.24) is 5.32 Å². The Hall–Kier alpha value is -0.130. The van der Waals surface area contributed by atoms with E-state index in [1.165, 1.54) is 0 Å². The molecule has 0 spiro atoms. The molecule has 2 atom stereocenters. The molecule has 1 heterocycles. The first-order valence-electron chi connectivity index (χ1n) is 5.85. The minimum atomic E-state index is -3.06. The summed E-state index contributed by atoms with van der Waals surface area (Å²) in [5, 5.41) is 12.9. The predicted molar refractivity (Wildman–Crippen MR) is 65.1 cm³/mol. The highest BCUT2D eigenvalue weighted by Crippen LogP contribution is 2.21. The van der Waals surface area contributed by atoms with Gasteiger partial charge in [-0.2, -0.15) is 0 Å². The second-order valence-electron chi connectivity index (χ2n) is 5.54. The molecule has 1 aliphatic rings. The Kier molecular flexibility index (Phi) is 4.37. The lowest BCUT2D eigenvalue weighted by atomic mass is 9.94. The lowest BCUT2D eigenvalue weighted by Gasteiger charge is -2.29. The molecule has 2 N–H and O–H groups in total. The molecule has 0 aromatic heterocycles. The molecular formula is C11H23NO3S. The molecular weight excluding hydrogens is 226 g/mol. The maximum Gasteiger partial charge on any atom is 0.155 e. The Labute approximate surface area is 98.4 Å². The fourth-order valence-electron chi connectivity index (χ4n) is 1.82. The average Bonchev–Trinajstić information content (AvgIpc) is 2.15. The van der Waals surface area contributed by atoms with Gasteiger partial charge >= 0.3 is 0 Å². The number of piperidine rings is 1. The van der Waals surface area contributed by atoms with Gasteiger partial charge in [0.2, 0.25) is 0 Å². The number of aliphatic hydroxyl groups is 1. The predicted octanol–water partition coefficient (Wildman–Crippen LogP) is 0.560. The van der Waals surface area contributed by atoms with Gasteiger partial charge in [0.05, 0.1) is 16.6 Å². The van der Waals surface area contributed by atoms with E-state index < -0.39 is 14.6 Å². The molecule has 0 aromatic rings. The van der Waals surface area contributed by atoms with Gasteiger partial charge in [0, 0.05) is 6.54 Å². The molecule has 1 aliphatic heterocycles. The average molecular weight is 249 g/mol. The zero-order valence-corrected chi connectivity index (χ0v) is 11.2. The van der Waals surface area contributed by atoms with E-state index in [-0.39, 0.29) is 17.8 Å². The Balaban J connectivity index is 2.51. The van der Waals surface area contributed by atoms with E-state index in [4.69, 9.17) is 0 Å². The van der Waals surface area contributed by atoms with Crippen LogP contribution in [0.4, 0.5) is 0 Å². The Morgan fingerprint density at radius 1 is 1.38 bits per heavy atom. The quantitative estimate of drug-likeness (QED) is 0.767. The second kappa shape index (κ2) is 5.02. The number of rotatable bonds is 3. The van der Waals surface area contributed by atoms with Crippen LogP contribution in [0.1, 0.15) is 33.6 Å². The third kappa shape index (κ3) is 3.43. The molecule has 4 nitrogen and oxygen atoms in total. The van der Waals surface area contributed by atoms with Crippen molar-refractivity contribution in [3.8, 4) is 0 Å². The van der Waals surface area contributed by atoms with Crippen molar-refractivity contribution < 1.29 is 13.5 Å². The van der Waals surface area contributed by atoms with Crippen molar-refractivity contribution in [2.45, 2.75) is 44.5 Å². The highest BCUT2D eigenvalue weighted by molar-refractivity contribution is 7.92. The van der Waals surface area contributed by atoms with Crippen LogP contribution in [0.2, 0.25) is 0 Å². The number of sulfone groups is 1. The molecule has 96 valence electrons. The molecule has 2 unspecified atom stereocenters. The highest BCUT2D eigenvalue weighted by Gasteiger charge is 2.31. The number of nitrogens with one attached hydrogen (secondary N) is 1. The standard InChI is InChI=1S/C11H23NO3S/c1-11(2,3)16(14,15)7-5-9-8-12-6-4-10(9)13/h9-10,12-13H,4-8H2,1-3H3. The molecule has 5 heteroatoms. The summed E-state index contributed by atoms with van der Waals surface area (Å²) >= 11 is 0. The molecule has 0 amide bonds. The maximum absolute atomic E-state index is 11.9. The molecule has 1 rings (SSSR count). The second-order valence-corrected chi connectivity index (χ2v) is 8.40. The summed E-state index contributed by atoms with van der Waals surface area (Å²) in [6.45, 7) is 6.71. The first-order valence-corrected chi connectivity index (χ1v) is 7.50. The third-order valence-electron chi connectivity index (χ3n) is 3.26. The summed E-state index contributed by atoms with van der Waals surface area (Å²) in [7, 11) is -3.06. The van der Waals surface area contributed by atoms with Crippen LogP contribution >= 0.6 is 0 Å². The van der Waals surface area contributed by atoms with E-state index in [1.54, 1.807) is 20.8 Å². The minimum Gasteiger partial charge on any atom is -0.393 e. The van der Waals surface area contributed by atoms with Gasteiger partial charge in [-0.05, 0) is 46.1 Å². The molecule has 0 saturated carbocycles. The van der Waals surface area contributed by atoms with E-state index in [1.807, 2.05) is 0 Å². The zero-order valence-electron chi connectivity index (χ0n) is 10.4. The summed E-state index contributed by atoms with van der Waals surface area (Å²) in [5.74, 6) is 0.241. The van der Waals surface area contributed by atoms with E-state index in [0.29, 0.717) is 6.42 Å². The van der Waals surface area contributed by atoms with Crippen LogP contribution in [-0.2, 0) is 9.84 Å². The third-order valence-corrected chi connectivity index (χ3v) is 5.90. The van der Waals surface area contributed by atoms with Gasteiger partial charge in [-0.15, -0.1) is 0 Å². The number of hydrogen-bond acceptors (Lipinski definition) is 4. The topological polar surface area (TPSA) is 66.4 Å². The largest absolute Gasteiger partial charge is 0.393 e. The van der Waals surface area contributed by atoms with Crippen LogP contribution in [-0.4, -0.2) is 43.2 Å². The van der Waals surface area contributed by atoms with E-state index in [9.17, 15) is 13.5 Å². The Morgan fingerprint density at radius 3 is 2.50 bits per heavy atom. The summed E-state index contributed by atoms with van der Waals surface area (Å²) in [6.07, 6.45) is 0.921. The first-order chi connectivity index (χ1) is 7.24. The van der Waals surface area contributed by atoms with Crippen molar-refractivity contribution in [1.29, 1.82) is 0 Å². The van der Waals surface area contributed by atoms with Crippen molar-refractivity contribution in [2.75, 3.05) is 18.8 Å². The van der Waals surface area contributed by atoms with Crippen LogP contribution in [0, 0.1) is 5.92 Å². The molecule has 0 bridgehead atoms. The van der Waals surface area contributed by atoms with Gasteiger partial charge in [0.1, 0.15) is 0 Å². The summed E-state index contributed by atoms with van der Waals surface area (Å²) in [5.41, 5.74) is 0. The van der Waals surface area contributed by atoms with Crippen molar-refractivity contribution in [3.05, 3.63) is 0 Å². The van der Waals surface area contributed by atoms with Crippen LogP contribution in [0.25, 0.3) is 0 Å². The van der Waals surface area contributed by atoms with E-state index in [0.717, 1.165) is 19.5 Å². The van der Waals surface area contributed by atoms with Crippen LogP contribution < -0.4 is 5.32 Å². The van der Waals surface area contributed by atoms with E-state index >= 15 is 0 Å². The van der Waals surface area contributed by atoms with Crippen LogP contribution in [0.3, 0.4) is 0 Å². The lowest BCUT2D eigenvalue weighted by molar-refractivity contribution is 0.0775. The molecule has 1 saturated heterocycles. The van der Waals surface area contributed by atoms with Gasteiger partial charge < -0.3 is 10.4 Å². The lowest BCUT2D eigenvalue weighted by Crippen LogP contribution is -2.41. The Morgan fingerprint density at radius 2 is 2.00 bits per heavy atom. The first kappa shape index (κ1) is 13.9. The molecule has 16 heavy (non-hydrogen) atoms. The molecule has 0 aromatic carbocycles. The van der Waals surface area contributed by atoms with Gasteiger partial charge in [0.15, 0.2) is 9.84 Å². The number of aliphatic hydroxyl groups excluding tert-OH is 1. The van der Waals surface area contributed by atoms with Crippen molar-refractivity contribution >= 4 is 9.84 Å². The smallest absolute Gasteiger partial charge is 0.155 e. The van der Waals surface area contributed by atoms with E-state index in [2.05, 4.69) is 5.32 Å². The van der Waals surface area contributed by atoms with Crippen molar-refractivity contribution in [2.24, 2.45) is 5.92 Å². The summed E-state index contributed by atoms with van der Waals surface area (Å²) in [6, 6.07) is 0. The summed E-state index contributed by atoms with van der Waals surface area (Å²) < 4.78 is 23.1. The van der Waals surface area contributed by atoms with Crippen molar-refractivity contribution in [3.63, 3.8) is 0 Å². The minimum absolute atomic E-state index is 0.0749. The maximum atomic E-state index is 11.9. The normalized spacial score (nSPS) is 28.0. The molecule has 0 radical (unpaired) electrons. The van der Waals surface area contributed by atoms with Crippen LogP contribution in [0.5, 0.6) is 0 Å². The van der Waals surface area contributed by atoms with Gasteiger partial charge in [0.25, 0.3) is 0 Å². The van der Waals surface area contributed by atoms with Gasteiger partial charge in [-0.3, -0.25) is 0 Å². The monoisotopic (exact) mass is 249 g/mol. The fraction of sp³-hybridized carbons (Fsp3) is 1.00. The summed E-state index contributed by atoms with van der Waals surface area (Å²) in [4.78, 5) is 0. The highest BCUT2D eigenvalue weighted by atomic mass is 32.2. The fourth-order valence-corrected chi connectivity index (χ4v) is 3.04. The number of hydrogen-bond donors (Lipinski definition) is 2. The van der Waals surface area contributed by atoms with Crippen LogP contribution in [0.15, 0.2) is 0 Å². The van der Waals surface area contributed by atoms with Gasteiger partial charge in [-0.25, -0.2) is 8.42 Å². The molecule has 1 fully saturated rings. The van der Waals surface area contributed by atoms with Gasteiger partial charge in [-0.1, -0.05) is 0 Å². The SMILES string of the molecule is CC(C)(C)S(=O)(=O)CCC1CNCCC1O. The zero-order chi connectivity index (χ0) is 12.4.